The number of hydrogen-bond acceptors (Lipinski definition) is 4. The van der Waals surface area contributed by atoms with E-state index in [0.717, 1.165) is 77.2 Å². The molecule has 3 fully saturated rings. The number of aliphatic imine (C=N–C) groups is 1. The molecule has 0 bridgehead atoms. The third-order valence-corrected chi connectivity index (χ3v) is 6.35. The van der Waals surface area contributed by atoms with Gasteiger partial charge in [-0.1, -0.05) is 13.8 Å². The van der Waals surface area contributed by atoms with Crippen molar-refractivity contribution in [3.63, 3.8) is 0 Å². The predicted octanol–water partition coefficient (Wildman–Crippen LogP) is 2.49. The standard InChI is InChI=1S/C21H41N5O.HI/c1-4-22-20(25-13-11-24(12-14-25)17-19(2)3)23-18-21(7-15-27-16-8-21)26-9-5-6-10-26;/h19H,4-18H2,1-3H3,(H,22,23);1H. The molecule has 1 N–H and O–H groups in total. The second kappa shape index (κ2) is 11.9. The molecule has 0 amide bonds. The fourth-order valence-corrected chi connectivity index (χ4v) is 4.82. The van der Waals surface area contributed by atoms with E-state index in [0.29, 0.717) is 0 Å². The van der Waals surface area contributed by atoms with E-state index in [1.54, 1.807) is 0 Å². The predicted molar refractivity (Wildman–Crippen MR) is 128 cm³/mol. The third kappa shape index (κ3) is 6.44. The number of likely N-dealkylation sites (tertiary alicyclic amines) is 1. The zero-order chi connectivity index (χ0) is 19.1. The lowest BCUT2D eigenvalue weighted by atomic mass is 9.88. The first-order valence-corrected chi connectivity index (χ1v) is 11.2. The molecule has 0 spiro atoms. The fourth-order valence-electron chi connectivity index (χ4n) is 4.82. The maximum Gasteiger partial charge on any atom is 0.194 e. The van der Waals surface area contributed by atoms with Crippen molar-refractivity contribution in [2.24, 2.45) is 10.9 Å². The van der Waals surface area contributed by atoms with Crippen molar-refractivity contribution in [1.82, 2.24) is 20.0 Å². The van der Waals surface area contributed by atoms with Crippen LogP contribution in [0.1, 0.15) is 46.5 Å². The van der Waals surface area contributed by atoms with Gasteiger partial charge < -0.3 is 15.0 Å². The number of nitrogens with zero attached hydrogens (tertiary/aromatic N) is 4. The van der Waals surface area contributed by atoms with Crippen LogP contribution in [-0.2, 0) is 4.74 Å². The van der Waals surface area contributed by atoms with Gasteiger partial charge in [0.1, 0.15) is 0 Å². The number of guanidine groups is 1. The lowest BCUT2D eigenvalue weighted by Crippen LogP contribution is -2.55. The first-order valence-electron chi connectivity index (χ1n) is 11.2. The van der Waals surface area contributed by atoms with Crippen LogP contribution in [0.25, 0.3) is 0 Å². The molecule has 0 aromatic rings. The Labute approximate surface area is 189 Å². The molecule has 28 heavy (non-hydrogen) atoms. The molecule has 0 aliphatic carbocycles. The Balaban J connectivity index is 0.00000280. The van der Waals surface area contributed by atoms with Crippen LogP contribution >= 0.6 is 24.0 Å². The molecular weight excluding hydrogens is 465 g/mol. The summed E-state index contributed by atoms with van der Waals surface area (Å²) in [5.74, 6) is 1.86. The van der Waals surface area contributed by atoms with Gasteiger partial charge in [0.2, 0.25) is 0 Å². The Hall–Kier alpha value is -0.120. The van der Waals surface area contributed by atoms with E-state index in [1.807, 2.05) is 0 Å². The summed E-state index contributed by atoms with van der Waals surface area (Å²) in [4.78, 5) is 13.0. The van der Waals surface area contributed by atoms with Crippen LogP contribution < -0.4 is 5.32 Å². The summed E-state index contributed by atoms with van der Waals surface area (Å²) >= 11 is 0. The normalized spacial score (nSPS) is 24.4. The van der Waals surface area contributed by atoms with Crippen LogP contribution in [0.15, 0.2) is 4.99 Å². The minimum absolute atomic E-state index is 0. The second-order valence-electron chi connectivity index (χ2n) is 8.88. The molecule has 3 saturated heterocycles. The molecule has 6 nitrogen and oxygen atoms in total. The van der Waals surface area contributed by atoms with Gasteiger partial charge in [0.05, 0.1) is 6.54 Å². The van der Waals surface area contributed by atoms with Gasteiger partial charge in [-0.2, -0.15) is 0 Å². The zero-order valence-electron chi connectivity index (χ0n) is 18.3. The monoisotopic (exact) mass is 507 g/mol. The lowest BCUT2D eigenvalue weighted by molar-refractivity contribution is -0.0140. The molecule has 3 aliphatic rings. The van der Waals surface area contributed by atoms with Crippen molar-refractivity contribution in [3.05, 3.63) is 0 Å². The van der Waals surface area contributed by atoms with Crippen LogP contribution in [0.2, 0.25) is 0 Å². The first-order chi connectivity index (χ1) is 13.1. The highest BCUT2D eigenvalue weighted by Crippen LogP contribution is 2.31. The zero-order valence-corrected chi connectivity index (χ0v) is 20.6. The van der Waals surface area contributed by atoms with E-state index in [4.69, 9.17) is 9.73 Å². The van der Waals surface area contributed by atoms with Gasteiger partial charge in [-0.15, -0.1) is 24.0 Å². The summed E-state index contributed by atoms with van der Waals surface area (Å²) < 4.78 is 5.69. The smallest absolute Gasteiger partial charge is 0.194 e. The number of hydrogen-bond donors (Lipinski definition) is 1. The van der Waals surface area contributed by atoms with Gasteiger partial charge in [-0.05, 0) is 51.6 Å². The highest BCUT2D eigenvalue weighted by Gasteiger charge is 2.39. The summed E-state index contributed by atoms with van der Waals surface area (Å²) in [6.45, 7) is 18.5. The summed E-state index contributed by atoms with van der Waals surface area (Å²) in [5, 5.41) is 3.56. The number of halogens is 1. The molecule has 0 unspecified atom stereocenters. The molecule has 0 aromatic carbocycles. The fraction of sp³-hybridized carbons (Fsp3) is 0.952. The van der Waals surface area contributed by atoms with Crippen molar-refractivity contribution in [1.29, 1.82) is 0 Å². The van der Waals surface area contributed by atoms with Crippen LogP contribution in [-0.4, -0.2) is 98.3 Å². The van der Waals surface area contributed by atoms with E-state index in [2.05, 4.69) is 40.8 Å². The molecule has 0 saturated carbocycles. The topological polar surface area (TPSA) is 43.3 Å². The van der Waals surface area contributed by atoms with E-state index in [9.17, 15) is 0 Å². The molecule has 0 atom stereocenters. The largest absolute Gasteiger partial charge is 0.381 e. The van der Waals surface area contributed by atoms with E-state index in [-0.39, 0.29) is 29.5 Å². The Kier molecular flexibility index (Phi) is 10.3. The summed E-state index contributed by atoms with van der Waals surface area (Å²) in [6.07, 6.45) is 4.92. The lowest BCUT2D eigenvalue weighted by Gasteiger charge is -2.44. The summed E-state index contributed by atoms with van der Waals surface area (Å²) in [6, 6.07) is 0. The Morgan fingerprint density at radius 3 is 2.25 bits per heavy atom. The van der Waals surface area contributed by atoms with Gasteiger partial charge in [0.25, 0.3) is 0 Å². The highest BCUT2D eigenvalue weighted by molar-refractivity contribution is 14.0. The van der Waals surface area contributed by atoms with Gasteiger partial charge in [-0.3, -0.25) is 14.8 Å². The van der Waals surface area contributed by atoms with Gasteiger partial charge in [0, 0.05) is 58.0 Å². The van der Waals surface area contributed by atoms with Crippen LogP contribution in [0.4, 0.5) is 0 Å². The third-order valence-electron chi connectivity index (χ3n) is 6.35. The van der Waals surface area contributed by atoms with Crippen molar-refractivity contribution in [2.45, 2.75) is 52.0 Å². The molecule has 7 heteroatoms. The van der Waals surface area contributed by atoms with Crippen LogP contribution in [0.3, 0.4) is 0 Å². The molecule has 164 valence electrons. The van der Waals surface area contributed by atoms with Gasteiger partial charge in [0.15, 0.2) is 5.96 Å². The average Bonchev–Trinajstić information content (AvgIpc) is 3.22. The first kappa shape index (κ1) is 24.2. The minimum atomic E-state index is 0. The van der Waals surface area contributed by atoms with Crippen molar-refractivity contribution in [3.8, 4) is 0 Å². The summed E-state index contributed by atoms with van der Waals surface area (Å²) in [5.41, 5.74) is 0.217. The van der Waals surface area contributed by atoms with E-state index >= 15 is 0 Å². The average molecular weight is 508 g/mol. The number of rotatable bonds is 6. The molecule has 3 heterocycles. The number of ether oxygens (including phenoxy) is 1. The molecule has 3 rings (SSSR count). The molecular formula is C21H42IN5O. The number of piperazine rings is 1. The Bertz CT molecular complexity index is 467. The maximum absolute atomic E-state index is 5.69. The second-order valence-corrected chi connectivity index (χ2v) is 8.88. The molecule has 0 radical (unpaired) electrons. The molecule has 3 aliphatic heterocycles. The van der Waals surface area contributed by atoms with Crippen molar-refractivity contribution >= 4 is 29.9 Å². The van der Waals surface area contributed by atoms with Gasteiger partial charge in [-0.25, -0.2) is 0 Å². The van der Waals surface area contributed by atoms with E-state index in [1.165, 1.54) is 32.5 Å². The SMILES string of the molecule is CCNC(=NCC1(N2CCCC2)CCOCC1)N1CCN(CC(C)C)CC1.I. The van der Waals surface area contributed by atoms with Gasteiger partial charge >= 0.3 is 0 Å². The maximum atomic E-state index is 5.69. The Morgan fingerprint density at radius 1 is 1.04 bits per heavy atom. The minimum Gasteiger partial charge on any atom is -0.381 e. The molecule has 0 aromatic heterocycles. The Morgan fingerprint density at radius 2 is 1.68 bits per heavy atom. The number of nitrogens with one attached hydrogen (secondary N) is 1. The summed E-state index contributed by atoms with van der Waals surface area (Å²) in [7, 11) is 0. The van der Waals surface area contributed by atoms with Crippen LogP contribution in [0, 0.1) is 5.92 Å². The quantitative estimate of drug-likeness (QED) is 0.340. The van der Waals surface area contributed by atoms with Crippen LogP contribution in [0.5, 0.6) is 0 Å². The van der Waals surface area contributed by atoms with E-state index < -0.39 is 0 Å². The van der Waals surface area contributed by atoms with Crippen molar-refractivity contribution < 1.29 is 4.74 Å². The highest BCUT2D eigenvalue weighted by atomic mass is 127. The van der Waals surface area contributed by atoms with Crippen molar-refractivity contribution in [2.75, 3.05) is 72.1 Å².